The largest absolute Gasteiger partial charge is 0.252 e. The molecule has 0 fully saturated rings. The van der Waals surface area contributed by atoms with E-state index in [9.17, 15) is 0 Å². The first-order chi connectivity index (χ1) is 4.70. The number of aromatic nitrogens is 1. The fraction of sp³-hybridized carbons (Fsp3) is 0.125. The maximum absolute atomic E-state index is 5.62. The van der Waals surface area contributed by atoms with Gasteiger partial charge in [0.05, 0.1) is 10.7 Å². The highest BCUT2D eigenvalue weighted by Gasteiger charge is 1.94. The molecule has 0 aliphatic rings. The van der Waals surface area contributed by atoms with Crippen molar-refractivity contribution in [3.8, 4) is 0 Å². The summed E-state index contributed by atoms with van der Waals surface area (Å²) in [6.07, 6.45) is 0. The predicted molar refractivity (Wildman–Crippen MR) is 43.9 cm³/mol. The first-order valence-electron chi connectivity index (χ1n) is 2.98. The van der Waals surface area contributed by atoms with E-state index in [0.29, 0.717) is 5.03 Å². The molecule has 10 heavy (non-hydrogen) atoms. The molecule has 0 N–H and O–H groups in total. The van der Waals surface area contributed by atoms with E-state index < -0.39 is 0 Å². The lowest BCUT2D eigenvalue weighted by Gasteiger charge is -1.96. The molecule has 0 radical (unpaired) electrons. The van der Waals surface area contributed by atoms with Crippen molar-refractivity contribution in [2.75, 3.05) is 0 Å². The van der Waals surface area contributed by atoms with Crippen molar-refractivity contribution in [3.05, 3.63) is 36.2 Å². The average molecular weight is 154 g/mol. The van der Waals surface area contributed by atoms with E-state index in [4.69, 9.17) is 11.6 Å². The molecular weight excluding hydrogens is 146 g/mol. The van der Waals surface area contributed by atoms with Crippen LogP contribution < -0.4 is 0 Å². The summed E-state index contributed by atoms with van der Waals surface area (Å²) >= 11 is 5.62. The second-order valence-electron chi connectivity index (χ2n) is 2.07. The summed E-state index contributed by atoms with van der Waals surface area (Å²) in [5.74, 6) is 0. The van der Waals surface area contributed by atoms with Gasteiger partial charge in [-0.25, -0.2) is 0 Å². The molecule has 1 aromatic heterocycles. The summed E-state index contributed by atoms with van der Waals surface area (Å²) in [7, 11) is 0. The van der Waals surface area contributed by atoms with Crippen LogP contribution in [-0.4, -0.2) is 4.98 Å². The van der Waals surface area contributed by atoms with Crippen LogP contribution in [0.2, 0.25) is 0 Å². The van der Waals surface area contributed by atoms with Crippen molar-refractivity contribution in [2.45, 2.75) is 6.92 Å². The molecule has 0 spiro atoms. The lowest BCUT2D eigenvalue weighted by Crippen LogP contribution is -1.84. The smallest absolute Gasteiger partial charge is 0.0812 e. The molecule has 0 bridgehead atoms. The maximum Gasteiger partial charge on any atom is 0.0812 e. The summed E-state index contributed by atoms with van der Waals surface area (Å²) in [5, 5.41) is 0.490. The molecule has 0 saturated carbocycles. The Kier molecular flexibility index (Phi) is 2.07. The van der Waals surface area contributed by atoms with Gasteiger partial charge in [0, 0.05) is 5.69 Å². The summed E-state index contributed by atoms with van der Waals surface area (Å²) in [5.41, 5.74) is 1.71. The lowest BCUT2D eigenvalue weighted by molar-refractivity contribution is 1.18. The lowest BCUT2D eigenvalue weighted by atomic mass is 10.3. The van der Waals surface area contributed by atoms with E-state index in [0.717, 1.165) is 11.4 Å². The Morgan fingerprint density at radius 3 is 2.70 bits per heavy atom. The van der Waals surface area contributed by atoms with Crippen molar-refractivity contribution in [1.82, 2.24) is 4.98 Å². The molecule has 0 aliphatic heterocycles. The molecular formula is C8H8ClN. The molecule has 1 nitrogen and oxygen atoms in total. The number of halogens is 1. The van der Waals surface area contributed by atoms with Crippen LogP contribution >= 0.6 is 11.6 Å². The Hall–Kier alpha value is -0.820. The van der Waals surface area contributed by atoms with E-state index in [2.05, 4.69) is 11.6 Å². The quantitative estimate of drug-likeness (QED) is 0.605. The standard InChI is InChI=1S/C8H8ClN/c1-6-4-3-5-8(10-6)7(2)9/h3-5H,2H2,1H3. The Labute approximate surface area is 65.4 Å². The normalized spacial score (nSPS) is 9.40. The van der Waals surface area contributed by atoms with Gasteiger partial charge in [0.15, 0.2) is 0 Å². The van der Waals surface area contributed by atoms with Gasteiger partial charge >= 0.3 is 0 Å². The van der Waals surface area contributed by atoms with Gasteiger partial charge in [0.25, 0.3) is 0 Å². The highest BCUT2D eigenvalue weighted by molar-refractivity contribution is 6.48. The zero-order valence-corrected chi connectivity index (χ0v) is 6.52. The first kappa shape index (κ1) is 7.29. The van der Waals surface area contributed by atoms with Crippen molar-refractivity contribution in [1.29, 1.82) is 0 Å². The third-order valence-corrected chi connectivity index (χ3v) is 1.36. The molecule has 1 aromatic rings. The van der Waals surface area contributed by atoms with Gasteiger partial charge in [-0.2, -0.15) is 0 Å². The molecule has 0 unspecified atom stereocenters. The minimum absolute atomic E-state index is 0.490. The second kappa shape index (κ2) is 2.84. The average Bonchev–Trinajstić information content (AvgIpc) is 1.88. The summed E-state index contributed by atoms with van der Waals surface area (Å²) < 4.78 is 0. The monoisotopic (exact) mass is 153 g/mol. The number of hydrogen-bond acceptors (Lipinski definition) is 1. The van der Waals surface area contributed by atoms with Gasteiger partial charge in [-0.15, -0.1) is 0 Å². The number of hydrogen-bond donors (Lipinski definition) is 0. The van der Waals surface area contributed by atoms with Crippen LogP contribution in [0, 0.1) is 6.92 Å². The van der Waals surface area contributed by atoms with E-state index in [1.165, 1.54) is 0 Å². The number of aryl methyl sites for hydroxylation is 1. The van der Waals surface area contributed by atoms with E-state index in [1.54, 1.807) is 0 Å². The highest BCUT2D eigenvalue weighted by atomic mass is 35.5. The van der Waals surface area contributed by atoms with Crippen molar-refractivity contribution in [3.63, 3.8) is 0 Å². The van der Waals surface area contributed by atoms with Gasteiger partial charge < -0.3 is 0 Å². The molecule has 52 valence electrons. The van der Waals surface area contributed by atoms with E-state index in [1.807, 2.05) is 25.1 Å². The van der Waals surface area contributed by atoms with Crippen LogP contribution in [0.3, 0.4) is 0 Å². The van der Waals surface area contributed by atoms with Crippen molar-refractivity contribution < 1.29 is 0 Å². The summed E-state index contributed by atoms with van der Waals surface area (Å²) in [6.45, 7) is 5.49. The minimum atomic E-state index is 0.490. The fourth-order valence-corrected chi connectivity index (χ4v) is 0.799. The van der Waals surface area contributed by atoms with Crippen molar-refractivity contribution >= 4 is 16.6 Å². The van der Waals surface area contributed by atoms with Crippen molar-refractivity contribution in [2.24, 2.45) is 0 Å². The maximum atomic E-state index is 5.62. The molecule has 1 rings (SSSR count). The predicted octanol–water partition coefficient (Wildman–Crippen LogP) is 2.60. The molecule has 0 aromatic carbocycles. The van der Waals surface area contributed by atoms with Crippen LogP contribution in [0.5, 0.6) is 0 Å². The molecule has 0 amide bonds. The molecule has 2 heteroatoms. The van der Waals surface area contributed by atoms with Crippen LogP contribution in [0.15, 0.2) is 24.8 Å². The van der Waals surface area contributed by atoms with Gasteiger partial charge in [0.2, 0.25) is 0 Å². The van der Waals surface area contributed by atoms with Crippen LogP contribution in [-0.2, 0) is 0 Å². The second-order valence-corrected chi connectivity index (χ2v) is 2.53. The Balaban J connectivity index is 3.07. The van der Waals surface area contributed by atoms with Crippen LogP contribution in [0.25, 0.3) is 5.03 Å². The van der Waals surface area contributed by atoms with Crippen LogP contribution in [0.1, 0.15) is 11.4 Å². The third kappa shape index (κ3) is 1.58. The van der Waals surface area contributed by atoms with Gasteiger partial charge in [0.1, 0.15) is 0 Å². The Morgan fingerprint density at radius 2 is 2.30 bits per heavy atom. The van der Waals surface area contributed by atoms with Gasteiger partial charge in [-0.05, 0) is 19.1 Å². The summed E-state index contributed by atoms with van der Waals surface area (Å²) in [6, 6.07) is 5.66. The first-order valence-corrected chi connectivity index (χ1v) is 3.36. The zero-order valence-electron chi connectivity index (χ0n) is 5.76. The minimum Gasteiger partial charge on any atom is -0.252 e. The Bertz CT molecular complexity index is 255. The third-order valence-electron chi connectivity index (χ3n) is 1.17. The molecule has 0 aliphatic carbocycles. The molecule has 0 saturated heterocycles. The molecule has 0 atom stereocenters. The SMILES string of the molecule is C=C(Cl)c1cccc(C)n1. The topological polar surface area (TPSA) is 12.9 Å². The van der Waals surface area contributed by atoms with Gasteiger partial charge in [-0.1, -0.05) is 24.2 Å². The summed E-state index contributed by atoms with van der Waals surface area (Å²) in [4.78, 5) is 4.14. The fourth-order valence-electron chi connectivity index (χ4n) is 0.694. The van der Waals surface area contributed by atoms with Gasteiger partial charge in [-0.3, -0.25) is 4.98 Å². The zero-order chi connectivity index (χ0) is 7.56. The number of pyridine rings is 1. The Morgan fingerprint density at radius 1 is 1.60 bits per heavy atom. The number of rotatable bonds is 1. The number of nitrogens with zero attached hydrogens (tertiary/aromatic N) is 1. The van der Waals surface area contributed by atoms with E-state index in [-0.39, 0.29) is 0 Å². The molecule has 1 heterocycles. The van der Waals surface area contributed by atoms with Crippen LogP contribution in [0.4, 0.5) is 0 Å². The van der Waals surface area contributed by atoms with E-state index >= 15 is 0 Å². The highest BCUT2D eigenvalue weighted by Crippen LogP contribution is 2.12.